The highest BCUT2D eigenvalue weighted by atomic mass is 35.5. The third-order valence-electron chi connectivity index (χ3n) is 3.02. The summed E-state index contributed by atoms with van der Waals surface area (Å²) < 4.78 is 0. The zero-order valence-corrected chi connectivity index (χ0v) is 11.7. The van der Waals surface area contributed by atoms with Crippen LogP contribution in [0.3, 0.4) is 0 Å². The first-order valence-electron chi connectivity index (χ1n) is 6.30. The molecule has 0 fully saturated rings. The molecule has 3 rings (SSSR count). The largest absolute Gasteiger partial charge is 0.365 e. The van der Waals surface area contributed by atoms with Gasteiger partial charge in [-0.1, -0.05) is 35.9 Å². The molecule has 0 aliphatic rings. The topological polar surface area (TPSA) is 86.5 Å². The van der Waals surface area contributed by atoms with Crippen LogP contribution < -0.4 is 10.9 Å². The Labute approximate surface area is 125 Å². The van der Waals surface area contributed by atoms with Gasteiger partial charge in [-0.2, -0.15) is 5.10 Å². The Morgan fingerprint density at radius 1 is 1.19 bits per heavy atom. The van der Waals surface area contributed by atoms with Crippen molar-refractivity contribution in [2.75, 3.05) is 5.32 Å². The number of aromatic nitrogens is 4. The number of rotatable bonds is 4. The van der Waals surface area contributed by atoms with Crippen molar-refractivity contribution in [1.29, 1.82) is 0 Å². The van der Waals surface area contributed by atoms with E-state index in [-0.39, 0.29) is 10.6 Å². The smallest absolute Gasteiger partial charge is 0.271 e. The molecule has 3 aromatic rings. The summed E-state index contributed by atoms with van der Waals surface area (Å²) in [6.45, 7) is 0.527. The summed E-state index contributed by atoms with van der Waals surface area (Å²) in [5.74, 6) is 0.373. The second-order valence-corrected chi connectivity index (χ2v) is 4.79. The number of benzene rings is 1. The van der Waals surface area contributed by atoms with Gasteiger partial charge in [-0.25, -0.2) is 4.98 Å². The maximum Gasteiger partial charge on any atom is 0.271 e. The lowest BCUT2D eigenvalue weighted by Crippen LogP contribution is -2.11. The number of H-pyrrole nitrogens is 2. The van der Waals surface area contributed by atoms with E-state index in [1.54, 1.807) is 6.20 Å². The molecule has 0 spiro atoms. The summed E-state index contributed by atoms with van der Waals surface area (Å²) in [7, 11) is 0. The maximum atomic E-state index is 11.4. The normalized spacial score (nSPS) is 10.5. The van der Waals surface area contributed by atoms with E-state index >= 15 is 0 Å². The second kappa shape index (κ2) is 5.80. The molecule has 0 amide bonds. The number of hydrogen-bond acceptors (Lipinski definition) is 4. The van der Waals surface area contributed by atoms with Crippen LogP contribution in [0.25, 0.3) is 11.3 Å². The fourth-order valence-corrected chi connectivity index (χ4v) is 2.08. The number of anilines is 1. The van der Waals surface area contributed by atoms with E-state index in [1.807, 2.05) is 30.3 Å². The van der Waals surface area contributed by atoms with Crippen molar-refractivity contribution in [2.45, 2.75) is 6.54 Å². The zero-order chi connectivity index (χ0) is 14.7. The van der Waals surface area contributed by atoms with Crippen molar-refractivity contribution in [3.63, 3.8) is 0 Å². The van der Waals surface area contributed by atoms with Crippen molar-refractivity contribution in [2.24, 2.45) is 0 Å². The van der Waals surface area contributed by atoms with Gasteiger partial charge in [0.2, 0.25) is 0 Å². The van der Waals surface area contributed by atoms with Crippen LogP contribution in [0.1, 0.15) is 5.56 Å². The second-order valence-electron chi connectivity index (χ2n) is 4.42. The predicted molar refractivity (Wildman–Crippen MR) is 81.2 cm³/mol. The SMILES string of the molecule is O=c1[nH]cnc(NCc2ccc(-c3ccn[nH]3)cc2)c1Cl. The van der Waals surface area contributed by atoms with Crippen LogP contribution in [0.15, 0.2) is 47.7 Å². The Morgan fingerprint density at radius 3 is 2.71 bits per heavy atom. The minimum atomic E-state index is -0.358. The van der Waals surface area contributed by atoms with Crippen molar-refractivity contribution >= 4 is 17.4 Å². The molecule has 0 radical (unpaired) electrons. The van der Waals surface area contributed by atoms with Gasteiger partial charge in [-0.15, -0.1) is 0 Å². The highest BCUT2D eigenvalue weighted by Crippen LogP contribution is 2.18. The van der Waals surface area contributed by atoms with Gasteiger partial charge in [0, 0.05) is 12.7 Å². The van der Waals surface area contributed by atoms with Gasteiger partial charge in [-0.3, -0.25) is 9.89 Å². The fourth-order valence-electron chi connectivity index (χ4n) is 1.91. The van der Waals surface area contributed by atoms with E-state index in [2.05, 4.69) is 25.5 Å². The van der Waals surface area contributed by atoms with E-state index in [9.17, 15) is 4.79 Å². The number of halogens is 1. The van der Waals surface area contributed by atoms with Crippen LogP contribution >= 0.6 is 11.6 Å². The highest BCUT2D eigenvalue weighted by molar-refractivity contribution is 6.32. The fraction of sp³-hybridized carbons (Fsp3) is 0.0714. The number of hydrogen-bond donors (Lipinski definition) is 3. The van der Waals surface area contributed by atoms with Crippen molar-refractivity contribution in [1.82, 2.24) is 20.2 Å². The summed E-state index contributed by atoms with van der Waals surface area (Å²) in [5, 5.41) is 9.94. The van der Waals surface area contributed by atoms with Gasteiger partial charge in [0.25, 0.3) is 5.56 Å². The Hall–Kier alpha value is -2.60. The van der Waals surface area contributed by atoms with Crippen LogP contribution in [-0.2, 0) is 6.54 Å². The van der Waals surface area contributed by atoms with Crippen LogP contribution in [0, 0.1) is 0 Å². The van der Waals surface area contributed by atoms with Crippen LogP contribution in [0.5, 0.6) is 0 Å². The standard InChI is InChI=1S/C14H12ClN5O/c15-12-13(17-8-18-14(12)21)16-7-9-1-3-10(4-2-9)11-5-6-19-20-11/h1-6,8H,7H2,(H,19,20)(H2,16,17,18,21). The molecule has 2 heterocycles. The van der Waals surface area contributed by atoms with Gasteiger partial charge in [0.1, 0.15) is 5.02 Å². The Bertz CT molecular complexity index is 780. The predicted octanol–water partition coefficient (Wildman–Crippen LogP) is 2.43. The Morgan fingerprint density at radius 2 is 2.00 bits per heavy atom. The van der Waals surface area contributed by atoms with Crippen molar-refractivity contribution in [3.05, 3.63) is 63.8 Å². The van der Waals surface area contributed by atoms with Crippen LogP contribution in [0.4, 0.5) is 5.82 Å². The monoisotopic (exact) mass is 301 g/mol. The molecule has 0 unspecified atom stereocenters. The van der Waals surface area contributed by atoms with Gasteiger partial charge in [0.15, 0.2) is 5.82 Å². The van der Waals surface area contributed by atoms with Gasteiger partial charge >= 0.3 is 0 Å². The average molecular weight is 302 g/mol. The van der Waals surface area contributed by atoms with Gasteiger partial charge < -0.3 is 10.3 Å². The Balaban J connectivity index is 1.71. The summed E-state index contributed by atoms with van der Waals surface area (Å²) in [6.07, 6.45) is 3.03. The number of nitrogens with zero attached hydrogens (tertiary/aromatic N) is 2. The van der Waals surface area contributed by atoms with Crippen molar-refractivity contribution in [3.8, 4) is 11.3 Å². The highest BCUT2D eigenvalue weighted by Gasteiger charge is 2.05. The third kappa shape index (κ3) is 2.95. The first-order valence-corrected chi connectivity index (χ1v) is 6.67. The van der Waals surface area contributed by atoms with Gasteiger partial charge in [0.05, 0.1) is 12.0 Å². The van der Waals surface area contributed by atoms with E-state index < -0.39 is 0 Å². The molecule has 0 saturated carbocycles. The molecule has 0 atom stereocenters. The summed E-state index contributed by atoms with van der Waals surface area (Å²) >= 11 is 5.87. The minimum Gasteiger partial charge on any atom is -0.365 e. The molecular formula is C14H12ClN5O. The molecule has 3 N–H and O–H groups in total. The molecule has 0 aliphatic carbocycles. The molecular weight excluding hydrogens is 290 g/mol. The van der Waals surface area contributed by atoms with Gasteiger partial charge in [-0.05, 0) is 17.2 Å². The number of nitrogens with one attached hydrogen (secondary N) is 3. The molecule has 2 aromatic heterocycles. The molecule has 0 bridgehead atoms. The van der Waals surface area contributed by atoms with Crippen LogP contribution in [-0.4, -0.2) is 20.2 Å². The summed E-state index contributed by atoms with van der Waals surface area (Å²) in [5.41, 5.74) is 2.72. The maximum absolute atomic E-state index is 11.4. The quantitative estimate of drug-likeness (QED) is 0.691. The van der Waals surface area contributed by atoms with Crippen LogP contribution in [0.2, 0.25) is 5.02 Å². The average Bonchev–Trinajstić information content (AvgIpc) is 3.04. The summed E-state index contributed by atoms with van der Waals surface area (Å²) in [6, 6.07) is 9.89. The Kier molecular flexibility index (Phi) is 3.70. The van der Waals surface area contributed by atoms with Crippen molar-refractivity contribution < 1.29 is 0 Å². The molecule has 21 heavy (non-hydrogen) atoms. The minimum absolute atomic E-state index is 0.0616. The first-order chi connectivity index (χ1) is 10.2. The molecule has 7 heteroatoms. The lowest BCUT2D eigenvalue weighted by atomic mass is 10.1. The van der Waals surface area contributed by atoms with E-state index in [0.29, 0.717) is 12.4 Å². The first kappa shape index (κ1) is 13.4. The lowest BCUT2D eigenvalue weighted by Gasteiger charge is -2.07. The third-order valence-corrected chi connectivity index (χ3v) is 3.37. The summed E-state index contributed by atoms with van der Waals surface area (Å²) in [4.78, 5) is 17.8. The lowest BCUT2D eigenvalue weighted by molar-refractivity contribution is 1.06. The molecule has 0 aliphatic heterocycles. The number of aromatic amines is 2. The van der Waals surface area contributed by atoms with E-state index in [4.69, 9.17) is 11.6 Å². The zero-order valence-electron chi connectivity index (χ0n) is 10.9. The molecule has 1 aromatic carbocycles. The molecule has 6 nitrogen and oxygen atoms in total. The van der Waals surface area contributed by atoms with E-state index in [1.165, 1.54) is 6.33 Å². The van der Waals surface area contributed by atoms with E-state index in [0.717, 1.165) is 16.8 Å². The molecule has 106 valence electrons. The molecule has 0 saturated heterocycles.